The van der Waals surface area contributed by atoms with E-state index in [1.165, 1.54) is 20.1 Å². The number of carbonyl (C=O) groups is 4. The van der Waals surface area contributed by atoms with E-state index in [9.17, 15) is 19.2 Å². The molecule has 3 aromatic rings. The van der Waals surface area contributed by atoms with Gasteiger partial charge < -0.3 is 14.5 Å². The highest BCUT2D eigenvalue weighted by Crippen LogP contribution is 2.22. The first kappa shape index (κ1) is 23.7. The molecular formula is C26H25NO6. The quantitative estimate of drug-likeness (QED) is 0.426. The number of benzene rings is 2. The molecule has 0 aliphatic rings. The van der Waals surface area contributed by atoms with Gasteiger partial charge in [-0.2, -0.15) is 0 Å². The van der Waals surface area contributed by atoms with Gasteiger partial charge in [0, 0.05) is 16.8 Å². The fourth-order valence-electron chi connectivity index (χ4n) is 3.61. The van der Waals surface area contributed by atoms with Crippen molar-refractivity contribution in [3.63, 3.8) is 0 Å². The van der Waals surface area contributed by atoms with Crippen LogP contribution in [-0.4, -0.2) is 41.7 Å². The number of methoxy groups -OCH3 is 1. The zero-order valence-corrected chi connectivity index (χ0v) is 19.1. The second-order valence-electron chi connectivity index (χ2n) is 7.77. The average Bonchev–Trinajstić information content (AvgIpc) is 3.11. The molecule has 1 heterocycles. The molecule has 1 atom stereocenters. The lowest BCUT2D eigenvalue weighted by Gasteiger charge is -2.14. The van der Waals surface area contributed by atoms with Crippen molar-refractivity contribution in [2.75, 3.05) is 7.11 Å². The molecule has 0 aliphatic heterocycles. The van der Waals surface area contributed by atoms with Crippen molar-refractivity contribution in [1.82, 2.24) is 4.98 Å². The molecule has 1 aromatic heterocycles. The van der Waals surface area contributed by atoms with Crippen molar-refractivity contribution in [2.24, 2.45) is 0 Å². The molecule has 3 rings (SSSR count). The Kier molecular flexibility index (Phi) is 6.92. The van der Waals surface area contributed by atoms with Gasteiger partial charge in [-0.1, -0.05) is 48.0 Å². The maximum absolute atomic E-state index is 13.0. The molecule has 7 heteroatoms. The van der Waals surface area contributed by atoms with E-state index < -0.39 is 23.8 Å². The van der Waals surface area contributed by atoms with E-state index in [1.54, 1.807) is 44.2 Å². The van der Waals surface area contributed by atoms with Gasteiger partial charge in [0.15, 0.2) is 11.9 Å². The lowest BCUT2D eigenvalue weighted by molar-refractivity contribution is 0.0315. The number of ether oxygens (including phenoxy) is 2. The van der Waals surface area contributed by atoms with Crippen molar-refractivity contribution in [2.45, 2.75) is 33.8 Å². The van der Waals surface area contributed by atoms with E-state index in [0.717, 1.165) is 5.56 Å². The third kappa shape index (κ3) is 4.77. The molecule has 33 heavy (non-hydrogen) atoms. The third-order valence-corrected chi connectivity index (χ3v) is 5.43. The van der Waals surface area contributed by atoms with Crippen molar-refractivity contribution >= 4 is 23.5 Å². The zero-order chi connectivity index (χ0) is 24.3. The fourth-order valence-corrected chi connectivity index (χ4v) is 3.61. The summed E-state index contributed by atoms with van der Waals surface area (Å²) in [6.07, 6.45) is -1.15. The topological polar surface area (TPSA) is 103 Å². The van der Waals surface area contributed by atoms with Gasteiger partial charge in [0.25, 0.3) is 0 Å². The summed E-state index contributed by atoms with van der Waals surface area (Å²) >= 11 is 0. The zero-order valence-electron chi connectivity index (χ0n) is 19.1. The summed E-state index contributed by atoms with van der Waals surface area (Å²) in [5.74, 6) is -2.17. The lowest BCUT2D eigenvalue weighted by atomic mass is 9.97. The molecule has 0 spiro atoms. The van der Waals surface area contributed by atoms with Crippen LogP contribution in [0.2, 0.25) is 0 Å². The van der Waals surface area contributed by atoms with Gasteiger partial charge in [0.2, 0.25) is 5.78 Å². The van der Waals surface area contributed by atoms with Crippen LogP contribution in [0.5, 0.6) is 0 Å². The fraction of sp³-hybridized carbons (Fsp3) is 0.231. The summed E-state index contributed by atoms with van der Waals surface area (Å²) in [5.41, 5.74) is 3.04. The molecule has 2 aromatic carbocycles. The number of Topliss-reactive ketones (excluding diaryl/α,β-unsaturated/α-hetero) is 1. The number of hydrogen-bond acceptors (Lipinski definition) is 6. The minimum absolute atomic E-state index is 0.0670. The molecule has 0 aliphatic carbocycles. The molecule has 0 radical (unpaired) electrons. The van der Waals surface area contributed by atoms with Gasteiger partial charge in [0.05, 0.1) is 23.9 Å². The largest absolute Gasteiger partial charge is 0.465 e. The number of aromatic nitrogens is 1. The van der Waals surface area contributed by atoms with Gasteiger partial charge in [-0.05, 0) is 39.3 Å². The molecule has 0 fully saturated rings. The summed E-state index contributed by atoms with van der Waals surface area (Å²) in [6, 6.07) is 13.3. The Hall–Kier alpha value is -4.00. The molecule has 0 saturated carbocycles. The monoisotopic (exact) mass is 447 g/mol. The highest BCUT2D eigenvalue weighted by atomic mass is 16.5. The van der Waals surface area contributed by atoms with E-state index in [4.69, 9.17) is 9.47 Å². The Morgan fingerprint density at radius 3 is 2.06 bits per heavy atom. The van der Waals surface area contributed by atoms with Crippen LogP contribution in [0, 0.1) is 20.8 Å². The minimum atomic E-state index is -1.15. The number of nitrogens with one attached hydrogen (secondary N) is 1. The Bertz CT molecular complexity index is 1240. The normalized spacial score (nSPS) is 11.5. The first-order chi connectivity index (χ1) is 15.6. The number of esters is 2. The molecule has 170 valence electrons. The smallest absolute Gasteiger partial charge is 0.339 e. The number of carbonyl (C=O) groups excluding carboxylic acids is 4. The van der Waals surface area contributed by atoms with E-state index >= 15 is 0 Å². The van der Waals surface area contributed by atoms with E-state index in [2.05, 4.69) is 4.98 Å². The predicted molar refractivity (Wildman–Crippen MR) is 122 cm³/mol. The molecule has 7 nitrogen and oxygen atoms in total. The molecule has 1 N–H and O–H groups in total. The number of aryl methyl sites for hydroxylation is 2. The predicted octanol–water partition coefficient (Wildman–Crippen LogP) is 4.39. The van der Waals surface area contributed by atoms with Gasteiger partial charge in [0.1, 0.15) is 0 Å². The summed E-state index contributed by atoms with van der Waals surface area (Å²) in [4.78, 5) is 53.7. The van der Waals surface area contributed by atoms with Gasteiger partial charge in [-0.15, -0.1) is 0 Å². The maximum Gasteiger partial charge on any atom is 0.339 e. The van der Waals surface area contributed by atoms with Crippen LogP contribution in [0.3, 0.4) is 0 Å². The van der Waals surface area contributed by atoms with Crippen LogP contribution in [0.1, 0.15) is 70.9 Å². The van der Waals surface area contributed by atoms with Gasteiger partial charge >= 0.3 is 11.9 Å². The Labute approximate surface area is 191 Å². The Balaban J connectivity index is 1.84. The summed E-state index contributed by atoms with van der Waals surface area (Å²) < 4.78 is 10.2. The molecule has 0 bridgehead atoms. The van der Waals surface area contributed by atoms with Gasteiger partial charge in [-0.25, -0.2) is 9.59 Å². The third-order valence-electron chi connectivity index (χ3n) is 5.43. The summed E-state index contributed by atoms with van der Waals surface area (Å²) in [6.45, 7) is 6.63. The summed E-state index contributed by atoms with van der Waals surface area (Å²) in [5, 5.41) is 0. The van der Waals surface area contributed by atoms with Crippen LogP contribution in [0.15, 0.2) is 48.5 Å². The second kappa shape index (κ2) is 9.65. The van der Waals surface area contributed by atoms with Crippen LogP contribution < -0.4 is 0 Å². The highest BCUT2D eigenvalue weighted by molar-refractivity contribution is 6.14. The summed E-state index contributed by atoms with van der Waals surface area (Å²) in [7, 11) is 1.26. The minimum Gasteiger partial charge on any atom is -0.465 e. The average molecular weight is 447 g/mol. The number of rotatable bonds is 7. The molecular weight excluding hydrogens is 422 g/mol. The molecule has 0 amide bonds. The molecule has 0 unspecified atom stereocenters. The van der Waals surface area contributed by atoms with E-state index in [0.29, 0.717) is 16.8 Å². The van der Waals surface area contributed by atoms with Crippen molar-refractivity contribution in [3.8, 4) is 0 Å². The highest BCUT2D eigenvalue weighted by Gasteiger charge is 2.28. The van der Waals surface area contributed by atoms with E-state index in [1.807, 2.05) is 19.1 Å². The lowest BCUT2D eigenvalue weighted by Crippen LogP contribution is -2.26. The first-order valence-corrected chi connectivity index (χ1v) is 10.4. The van der Waals surface area contributed by atoms with Crippen molar-refractivity contribution in [1.29, 1.82) is 0 Å². The van der Waals surface area contributed by atoms with Crippen molar-refractivity contribution in [3.05, 3.63) is 93.3 Å². The van der Waals surface area contributed by atoms with Gasteiger partial charge in [-0.3, -0.25) is 9.59 Å². The standard InChI is InChI=1S/C26H25NO6/c1-14-10-12-18(13-11-14)24(29)19-8-6-7-9-20(19)25(30)33-17(4)23(28)22-15(2)21(16(3)27-22)26(31)32-5/h6-13,17,27H,1-5H3/t17-/m1/s1. The van der Waals surface area contributed by atoms with Crippen molar-refractivity contribution < 1.29 is 28.7 Å². The molecule has 0 saturated heterocycles. The van der Waals surface area contributed by atoms with E-state index in [-0.39, 0.29) is 28.2 Å². The van der Waals surface area contributed by atoms with Crippen LogP contribution in [0.4, 0.5) is 0 Å². The first-order valence-electron chi connectivity index (χ1n) is 10.4. The maximum atomic E-state index is 13.0. The Morgan fingerprint density at radius 2 is 1.45 bits per heavy atom. The van der Waals surface area contributed by atoms with Crippen LogP contribution >= 0.6 is 0 Å². The SMILES string of the molecule is COC(=O)c1c(C)[nH]c(C(=O)[C@@H](C)OC(=O)c2ccccc2C(=O)c2ccc(C)cc2)c1C. The number of aromatic amines is 1. The number of hydrogen-bond donors (Lipinski definition) is 1. The Morgan fingerprint density at radius 1 is 0.848 bits per heavy atom. The number of H-pyrrole nitrogens is 1. The van der Waals surface area contributed by atoms with Crippen LogP contribution in [0.25, 0.3) is 0 Å². The van der Waals surface area contributed by atoms with Crippen LogP contribution in [-0.2, 0) is 9.47 Å². The second-order valence-corrected chi connectivity index (χ2v) is 7.77. The number of ketones is 2.